The monoisotopic (exact) mass is 247 g/mol. The number of aromatic nitrogens is 1. The number of hydrogen-bond donors (Lipinski definition) is 2. The number of hydrogen-bond acceptors (Lipinski definition) is 5. The van der Waals surface area contributed by atoms with E-state index >= 15 is 0 Å². The first-order valence-corrected chi connectivity index (χ1v) is 3.94. The van der Waals surface area contributed by atoms with Crippen molar-refractivity contribution in [1.82, 2.24) is 4.98 Å². The van der Waals surface area contributed by atoms with Gasteiger partial charge in [0.15, 0.2) is 11.4 Å². The second-order valence-electron chi connectivity index (χ2n) is 2.73. The number of carboxylic acids is 1. The molecule has 0 spiro atoms. The largest absolute Gasteiger partial charge is 0.573 e. The molecule has 0 aliphatic rings. The van der Waals surface area contributed by atoms with Crippen LogP contribution in [-0.4, -0.2) is 22.4 Å². The van der Waals surface area contributed by atoms with E-state index in [1.165, 1.54) is 6.07 Å². The molecule has 0 atom stereocenters. The second-order valence-corrected chi connectivity index (χ2v) is 2.73. The second kappa shape index (κ2) is 4.17. The van der Waals surface area contributed by atoms with E-state index in [2.05, 4.69) is 9.72 Å². The Hall–Kier alpha value is -2.50. The summed E-state index contributed by atoms with van der Waals surface area (Å²) in [5, 5.41) is 17.1. The van der Waals surface area contributed by atoms with Gasteiger partial charge in [-0.2, -0.15) is 5.26 Å². The van der Waals surface area contributed by atoms with Gasteiger partial charge in [-0.15, -0.1) is 13.2 Å². The number of carbonyl (C=O) groups is 1. The zero-order valence-corrected chi connectivity index (χ0v) is 7.95. The van der Waals surface area contributed by atoms with Crippen LogP contribution in [0.15, 0.2) is 6.20 Å². The van der Waals surface area contributed by atoms with Gasteiger partial charge in [0.05, 0.1) is 0 Å². The van der Waals surface area contributed by atoms with Crippen LogP contribution in [0.5, 0.6) is 5.75 Å². The molecule has 1 heterocycles. The van der Waals surface area contributed by atoms with Crippen molar-refractivity contribution in [2.75, 3.05) is 5.73 Å². The van der Waals surface area contributed by atoms with E-state index in [1.807, 2.05) is 0 Å². The zero-order chi connectivity index (χ0) is 13.2. The van der Waals surface area contributed by atoms with Gasteiger partial charge in [0.2, 0.25) is 0 Å². The van der Waals surface area contributed by atoms with Gasteiger partial charge in [0.1, 0.15) is 17.3 Å². The summed E-state index contributed by atoms with van der Waals surface area (Å²) in [5.41, 5.74) is 2.97. The van der Waals surface area contributed by atoms with E-state index in [1.54, 1.807) is 0 Å². The van der Waals surface area contributed by atoms with E-state index in [0.29, 0.717) is 6.20 Å². The average Bonchev–Trinajstić information content (AvgIpc) is 2.18. The molecule has 17 heavy (non-hydrogen) atoms. The third-order valence-electron chi connectivity index (χ3n) is 1.62. The molecule has 3 N–H and O–H groups in total. The predicted octanol–water partition coefficient (Wildman–Crippen LogP) is 1.13. The van der Waals surface area contributed by atoms with Gasteiger partial charge >= 0.3 is 12.3 Å². The van der Waals surface area contributed by atoms with Crippen molar-refractivity contribution in [3.63, 3.8) is 0 Å². The number of anilines is 1. The SMILES string of the molecule is N#Cc1ncc(C(=O)O)c(OC(F)(F)F)c1N. The van der Waals surface area contributed by atoms with E-state index in [4.69, 9.17) is 16.1 Å². The Morgan fingerprint density at radius 3 is 2.59 bits per heavy atom. The smallest absolute Gasteiger partial charge is 0.477 e. The molecule has 1 rings (SSSR count). The number of halogens is 3. The number of pyridine rings is 1. The molecule has 0 radical (unpaired) electrons. The number of alkyl halides is 3. The van der Waals surface area contributed by atoms with Gasteiger partial charge in [-0.25, -0.2) is 9.78 Å². The Morgan fingerprint density at radius 1 is 1.59 bits per heavy atom. The van der Waals surface area contributed by atoms with E-state index in [9.17, 15) is 18.0 Å². The Labute approximate surface area is 92.0 Å². The minimum Gasteiger partial charge on any atom is -0.477 e. The normalized spacial score (nSPS) is 10.7. The highest BCUT2D eigenvalue weighted by atomic mass is 19.4. The van der Waals surface area contributed by atoms with Gasteiger partial charge in [0, 0.05) is 6.20 Å². The Bertz CT molecular complexity index is 507. The lowest BCUT2D eigenvalue weighted by molar-refractivity contribution is -0.274. The molecule has 1 aromatic heterocycles. The third kappa shape index (κ3) is 2.75. The van der Waals surface area contributed by atoms with Crippen molar-refractivity contribution in [3.8, 4) is 11.8 Å². The molecule has 0 amide bonds. The number of nitrogen functional groups attached to an aromatic ring is 1. The Morgan fingerprint density at radius 2 is 2.18 bits per heavy atom. The fourth-order valence-corrected chi connectivity index (χ4v) is 0.977. The number of nitrogens with two attached hydrogens (primary N) is 1. The zero-order valence-electron chi connectivity index (χ0n) is 7.95. The summed E-state index contributed by atoms with van der Waals surface area (Å²) in [6.07, 6.45) is -4.55. The Kier molecular flexibility index (Phi) is 3.08. The van der Waals surface area contributed by atoms with Crippen molar-refractivity contribution in [2.45, 2.75) is 6.36 Å². The van der Waals surface area contributed by atoms with Gasteiger partial charge in [-0.3, -0.25) is 0 Å². The number of rotatable bonds is 2. The van der Waals surface area contributed by atoms with Crippen molar-refractivity contribution >= 4 is 11.7 Å². The molecule has 0 aliphatic heterocycles. The molecule has 1 aromatic rings. The number of nitriles is 1. The average molecular weight is 247 g/mol. The molecule has 0 saturated carbocycles. The first kappa shape index (κ1) is 12.6. The van der Waals surface area contributed by atoms with Crippen LogP contribution in [0.1, 0.15) is 16.1 Å². The summed E-state index contributed by atoms with van der Waals surface area (Å²) in [6.45, 7) is 0. The van der Waals surface area contributed by atoms with E-state index in [-0.39, 0.29) is 0 Å². The maximum atomic E-state index is 12.0. The maximum absolute atomic E-state index is 12.0. The first-order valence-electron chi connectivity index (χ1n) is 3.94. The summed E-state index contributed by atoms with van der Waals surface area (Å²) in [6, 6.07) is 1.41. The standard InChI is InChI=1S/C8H4F3N3O3/c9-8(10,11)17-6-3(7(15)16)2-14-4(1-12)5(6)13/h2H,13H2,(H,15,16). The molecule has 6 nitrogen and oxygen atoms in total. The van der Waals surface area contributed by atoms with Crippen LogP contribution in [0.25, 0.3) is 0 Å². The highest BCUT2D eigenvalue weighted by Crippen LogP contribution is 2.33. The molecule has 0 bridgehead atoms. The van der Waals surface area contributed by atoms with Gasteiger partial charge in [-0.1, -0.05) is 0 Å². The number of aromatic carboxylic acids is 1. The fraction of sp³-hybridized carbons (Fsp3) is 0.125. The number of carboxylic acid groups (broad SMARTS) is 1. The van der Waals surface area contributed by atoms with Crippen LogP contribution >= 0.6 is 0 Å². The predicted molar refractivity (Wildman–Crippen MR) is 47.0 cm³/mol. The van der Waals surface area contributed by atoms with Crippen LogP contribution in [0, 0.1) is 11.3 Å². The third-order valence-corrected chi connectivity index (χ3v) is 1.62. The molecular weight excluding hydrogens is 243 g/mol. The summed E-state index contributed by atoms with van der Waals surface area (Å²) in [5.74, 6) is -2.84. The minimum atomic E-state index is -5.12. The summed E-state index contributed by atoms with van der Waals surface area (Å²) in [4.78, 5) is 13.9. The molecule has 9 heteroatoms. The topological polar surface area (TPSA) is 109 Å². The lowest BCUT2D eigenvalue weighted by Gasteiger charge is -2.13. The number of ether oxygens (including phenoxy) is 1. The molecule has 0 saturated heterocycles. The van der Waals surface area contributed by atoms with Gasteiger partial charge < -0.3 is 15.6 Å². The van der Waals surface area contributed by atoms with Crippen LogP contribution < -0.4 is 10.5 Å². The lowest BCUT2D eigenvalue weighted by Crippen LogP contribution is -2.20. The van der Waals surface area contributed by atoms with Gasteiger partial charge in [-0.05, 0) is 0 Å². The highest BCUT2D eigenvalue weighted by Gasteiger charge is 2.35. The summed E-state index contributed by atoms with van der Waals surface area (Å²) >= 11 is 0. The molecule has 90 valence electrons. The minimum absolute atomic E-state index is 0.547. The van der Waals surface area contributed by atoms with E-state index < -0.39 is 35.0 Å². The quantitative estimate of drug-likeness (QED) is 0.810. The Balaban J connectivity index is 3.41. The molecule has 0 aromatic carbocycles. The molecular formula is C8H4F3N3O3. The van der Waals surface area contributed by atoms with Gasteiger partial charge in [0.25, 0.3) is 0 Å². The lowest BCUT2D eigenvalue weighted by atomic mass is 10.2. The maximum Gasteiger partial charge on any atom is 0.573 e. The summed E-state index contributed by atoms with van der Waals surface area (Å²) in [7, 11) is 0. The fourth-order valence-electron chi connectivity index (χ4n) is 0.977. The van der Waals surface area contributed by atoms with Crippen molar-refractivity contribution in [3.05, 3.63) is 17.5 Å². The molecule has 0 fully saturated rings. The molecule has 0 unspecified atom stereocenters. The van der Waals surface area contributed by atoms with E-state index in [0.717, 1.165) is 0 Å². The van der Waals surface area contributed by atoms with Crippen molar-refractivity contribution in [1.29, 1.82) is 5.26 Å². The van der Waals surface area contributed by atoms with Crippen LogP contribution in [0.3, 0.4) is 0 Å². The van der Waals surface area contributed by atoms with Crippen molar-refractivity contribution in [2.24, 2.45) is 0 Å². The first-order chi connectivity index (χ1) is 7.76. The van der Waals surface area contributed by atoms with Crippen LogP contribution in [-0.2, 0) is 0 Å². The molecule has 0 aliphatic carbocycles. The number of nitrogens with zero attached hydrogens (tertiary/aromatic N) is 2. The summed E-state index contributed by atoms with van der Waals surface area (Å²) < 4.78 is 39.5. The van der Waals surface area contributed by atoms with Crippen LogP contribution in [0.4, 0.5) is 18.9 Å². The van der Waals surface area contributed by atoms with Crippen LogP contribution in [0.2, 0.25) is 0 Å². The van der Waals surface area contributed by atoms with Crippen molar-refractivity contribution < 1.29 is 27.8 Å². The highest BCUT2D eigenvalue weighted by molar-refractivity contribution is 5.93.